The standard InChI is InChI=1S/C7H15N3O4/c1-5(6(11)9-7(8)12)10-14-4-3-13-2/h5,10H,3-4H2,1-2H3,(H3,8,9,11,12). The predicted molar refractivity (Wildman–Crippen MR) is 48.2 cm³/mol. The molecule has 1 atom stereocenters. The van der Waals surface area contributed by atoms with Crippen molar-refractivity contribution >= 4 is 11.9 Å². The number of amides is 3. The molecule has 0 rings (SSSR count). The van der Waals surface area contributed by atoms with Gasteiger partial charge in [-0.1, -0.05) is 0 Å². The molecule has 0 aliphatic heterocycles. The minimum Gasteiger partial charge on any atom is -0.382 e. The minimum absolute atomic E-state index is 0.310. The lowest BCUT2D eigenvalue weighted by Gasteiger charge is -2.11. The Bertz CT molecular complexity index is 197. The molecule has 0 aliphatic carbocycles. The number of primary amides is 1. The number of urea groups is 1. The Hall–Kier alpha value is -1.18. The van der Waals surface area contributed by atoms with E-state index < -0.39 is 18.0 Å². The first kappa shape index (κ1) is 12.8. The summed E-state index contributed by atoms with van der Waals surface area (Å²) < 4.78 is 4.71. The zero-order valence-electron chi connectivity index (χ0n) is 8.20. The van der Waals surface area contributed by atoms with E-state index in [9.17, 15) is 9.59 Å². The summed E-state index contributed by atoms with van der Waals surface area (Å²) in [7, 11) is 1.53. The van der Waals surface area contributed by atoms with Gasteiger partial charge < -0.3 is 10.5 Å². The van der Waals surface area contributed by atoms with Crippen LogP contribution in [0, 0.1) is 0 Å². The smallest absolute Gasteiger partial charge is 0.318 e. The molecular weight excluding hydrogens is 190 g/mol. The average molecular weight is 205 g/mol. The number of carbonyl (C=O) groups is 2. The first-order valence-electron chi connectivity index (χ1n) is 4.04. The van der Waals surface area contributed by atoms with Crippen molar-refractivity contribution in [1.82, 2.24) is 10.8 Å². The maximum atomic E-state index is 11.0. The van der Waals surface area contributed by atoms with Gasteiger partial charge in [0.1, 0.15) is 6.04 Å². The number of hydrogen-bond donors (Lipinski definition) is 3. The molecule has 0 fully saturated rings. The minimum atomic E-state index is -0.888. The molecule has 0 bridgehead atoms. The summed E-state index contributed by atoms with van der Waals surface area (Å²) in [5.41, 5.74) is 7.17. The Morgan fingerprint density at radius 1 is 1.43 bits per heavy atom. The SMILES string of the molecule is COCCONC(C)C(=O)NC(N)=O. The second-order valence-electron chi connectivity index (χ2n) is 2.53. The van der Waals surface area contributed by atoms with Gasteiger partial charge in [-0.05, 0) is 6.92 Å². The van der Waals surface area contributed by atoms with Gasteiger partial charge >= 0.3 is 6.03 Å². The fourth-order valence-corrected chi connectivity index (χ4v) is 0.592. The van der Waals surface area contributed by atoms with Crippen LogP contribution in [-0.2, 0) is 14.4 Å². The molecule has 0 saturated heterocycles. The summed E-state index contributed by atoms with van der Waals surface area (Å²) in [6.45, 7) is 2.26. The molecule has 7 nitrogen and oxygen atoms in total. The molecule has 0 aliphatic rings. The molecule has 1 unspecified atom stereocenters. The molecule has 7 heteroatoms. The van der Waals surface area contributed by atoms with Crippen molar-refractivity contribution in [3.63, 3.8) is 0 Å². The lowest BCUT2D eigenvalue weighted by atomic mass is 10.3. The fraction of sp³-hybridized carbons (Fsp3) is 0.714. The Kier molecular flexibility index (Phi) is 6.63. The number of nitrogens with two attached hydrogens (primary N) is 1. The summed E-state index contributed by atoms with van der Waals surface area (Å²) in [5, 5.41) is 1.91. The lowest BCUT2D eigenvalue weighted by Crippen LogP contribution is -2.46. The van der Waals surface area contributed by atoms with E-state index in [-0.39, 0.29) is 0 Å². The van der Waals surface area contributed by atoms with E-state index in [2.05, 4.69) is 5.48 Å². The van der Waals surface area contributed by atoms with Crippen molar-refractivity contribution in [1.29, 1.82) is 0 Å². The normalized spacial score (nSPS) is 12.1. The van der Waals surface area contributed by atoms with Crippen LogP contribution in [0.3, 0.4) is 0 Å². The molecule has 0 aromatic heterocycles. The van der Waals surface area contributed by atoms with Gasteiger partial charge in [0.2, 0.25) is 5.91 Å². The van der Waals surface area contributed by atoms with Crippen LogP contribution in [0.1, 0.15) is 6.92 Å². The average Bonchev–Trinajstić information content (AvgIpc) is 2.11. The highest BCUT2D eigenvalue weighted by atomic mass is 16.7. The van der Waals surface area contributed by atoms with Crippen LogP contribution >= 0.6 is 0 Å². The monoisotopic (exact) mass is 205 g/mol. The van der Waals surface area contributed by atoms with Gasteiger partial charge in [0.05, 0.1) is 13.2 Å². The van der Waals surface area contributed by atoms with Gasteiger partial charge in [-0.3, -0.25) is 14.9 Å². The Morgan fingerprint density at radius 2 is 2.07 bits per heavy atom. The van der Waals surface area contributed by atoms with Crippen LogP contribution in [0.15, 0.2) is 0 Å². The molecule has 0 heterocycles. The number of rotatable bonds is 6. The highest BCUT2D eigenvalue weighted by Gasteiger charge is 2.13. The topological polar surface area (TPSA) is 103 Å². The molecule has 0 radical (unpaired) electrons. The van der Waals surface area contributed by atoms with Crippen molar-refractivity contribution in [2.24, 2.45) is 5.73 Å². The molecule has 14 heavy (non-hydrogen) atoms. The fourth-order valence-electron chi connectivity index (χ4n) is 0.592. The first-order valence-corrected chi connectivity index (χ1v) is 4.04. The predicted octanol–water partition coefficient (Wildman–Crippen LogP) is -1.26. The van der Waals surface area contributed by atoms with Crippen LogP contribution in [0.4, 0.5) is 4.79 Å². The number of carbonyl (C=O) groups excluding carboxylic acids is 2. The molecule has 0 aromatic carbocycles. The highest BCUT2D eigenvalue weighted by molar-refractivity contribution is 5.95. The van der Waals surface area contributed by atoms with Gasteiger partial charge in [0.25, 0.3) is 0 Å². The van der Waals surface area contributed by atoms with E-state index in [4.69, 9.17) is 15.3 Å². The Labute approximate surface area is 81.9 Å². The maximum absolute atomic E-state index is 11.0. The largest absolute Gasteiger partial charge is 0.382 e. The molecule has 4 N–H and O–H groups in total. The third kappa shape index (κ3) is 6.35. The van der Waals surface area contributed by atoms with Crippen LogP contribution < -0.4 is 16.5 Å². The zero-order valence-corrected chi connectivity index (χ0v) is 8.20. The lowest BCUT2D eigenvalue weighted by molar-refractivity contribution is -0.126. The van der Waals surface area contributed by atoms with Gasteiger partial charge in [-0.25, -0.2) is 4.79 Å². The summed E-state index contributed by atoms with van der Waals surface area (Å²) in [6.07, 6.45) is 0. The van der Waals surface area contributed by atoms with Crippen molar-refractivity contribution < 1.29 is 19.2 Å². The molecule has 3 amide bonds. The molecule has 0 spiro atoms. The second-order valence-corrected chi connectivity index (χ2v) is 2.53. The summed E-state index contributed by atoms with van der Waals surface area (Å²) in [5.74, 6) is -0.546. The van der Waals surface area contributed by atoms with E-state index in [1.54, 1.807) is 0 Å². The van der Waals surface area contributed by atoms with Crippen LogP contribution in [0.25, 0.3) is 0 Å². The summed E-state index contributed by atoms with van der Waals surface area (Å²) in [6, 6.07) is -1.54. The first-order chi connectivity index (χ1) is 6.57. The van der Waals surface area contributed by atoms with Crippen molar-refractivity contribution in [2.75, 3.05) is 20.3 Å². The van der Waals surface area contributed by atoms with Gasteiger partial charge in [-0.2, -0.15) is 5.48 Å². The van der Waals surface area contributed by atoms with E-state index in [1.165, 1.54) is 14.0 Å². The van der Waals surface area contributed by atoms with Crippen molar-refractivity contribution in [2.45, 2.75) is 13.0 Å². The second kappa shape index (κ2) is 7.25. The number of hydrogen-bond acceptors (Lipinski definition) is 5. The van der Waals surface area contributed by atoms with E-state index in [1.807, 2.05) is 5.32 Å². The highest BCUT2D eigenvalue weighted by Crippen LogP contribution is 1.82. The van der Waals surface area contributed by atoms with E-state index >= 15 is 0 Å². The zero-order chi connectivity index (χ0) is 11.0. The van der Waals surface area contributed by atoms with E-state index in [0.717, 1.165) is 0 Å². The quantitative estimate of drug-likeness (QED) is 0.371. The van der Waals surface area contributed by atoms with Gasteiger partial charge in [-0.15, -0.1) is 0 Å². The van der Waals surface area contributed by atoms with Crippen molar-refractivity contribution in [3.8, 4) is 0 Å². The Balaban J connectivity index is 3.57. The summed E-state index contributed by atoms with van der Waals surface area (Å²) in [4.78, 5) is 26.2. The third-order valence-corrected chi connectivity index (χ3v) is 1.29. The molecular formula is C7H15N3O4. The number of hydroxylamine groups is 1. The van der Waals surface area contributed by atoms with Crippen LogP contribution in [0.5, 0.6) is 0 Å². The molecule has 0 aromatic rings. The number of methoxy groups -OCH3 is 1. The number of nitrogens with one attached hydrogen (secondary N) is 2. The van der Waals surface area contributed by atoms with Gasteiger partial charge in [0, 0.05) is 7.11 Å². The Morgan fingerprint density at radius 3 is 2.57 bits per heavy atom. The number of ether oxygens (including phenoxy) is 1. The third-order valence-electron chi connectivity index (χ3n) is 1.29. The molecule has 0 saturated carbocycles. The van der Waals surface area contributed by atoms with Crippen molar-refractivity contribution in [3.05, 3.63) is 0 Å². The molecule has 82 valence electrons. The van der Waals surface area contributed by atoms with Crippen LogP contribution in [-0.4, -0.2) is 38.3 Å². The van der Waals surface area contributed by atoms with Gasteiger partial charge in [0.15, 0.2) is 0 Å². The maximum Gasteiger partial charge on any atom is 0.318 e. The number of imide groups is 1. The van der Waals surface area contributed by atoms with Crippen LogP contribution in [0.2, 0.25) is 0 Å². The summed E-state index contributed by atoms with van der Waals surface area (Å²) >= 11 is 0. The van der Waals surface area contributed by atoms with E-state index in [0.29, 0.717) is 13.2 Å².